The van der Waals surface area contributed by atoms with Crippen LogP contribution in [0.2, 0.25) is 0 Å². The summed E-state index contributed by atoms with van der Waals surface area (Å²) in [7, 11) is 0. The maximum atomic E-state index is 12.6. The number of aromatic nitrogens is 1. The molecule has 7 nitrogen and oxygen atoms in total. The van der Waals surface area contributed by atoms with Crippen molar-refractivity contribution in [3.63, 3.8) is 0 Å². The Kier molecular flexibility index (Phi) is 7.46. The summed E-state index contributed by atoms with van der Waals surface area (Å²) in [6.07, 6.45) is 0.776. The number of H-pyrrole nitrogens is 1. The number of aromatic amines is 1. The molecule has 3 aromatic rings. The van der Waals surface area contributed by atoms with Gasteiger partial charge >= 0.3 is 0 Å². The molecule has 2 aliphatic heterocycles. The van der Waals surface area contributed by atoms with Crippen LogP contribution in [0.15, 0.2) is 63.1 Å². The number of pyridine rings is 1. The number of carbonyl (C=O) groups excluding carboxylic acids is 1. The monoisotopic (exact) mass is 504 g/mol. The van der Waals surface area contributed by atoms with Gasteiger partial charge in [0, 0.05) is 45.9 Å². The quantitative estimate of drug-likeness (QED) is 0.393. The van der Waals surface area contributed by atoms with Crippen molar-refractivity contribution in [1.82, 2.24) is 9.88 Å². The first-order chi connectivity index (χ1) is 17.5. The zero-order valence-corrected chi connectivity index (χ0v) is 21.6. The Bertz CT molecular complexity index is 1310. The van der Waals surface area contributed by atoms with Crippen molar-refractivity contribution in [2.45, 2.75) is 30.1 Å². The van der Waals surface area contributed by atoms with Crippen molar-refractivity contribution in [3.05, 3.63) is 70.0 Å². The van der Waals surface area contributed by atoms with Crippen LogP contribution in [-0.2, 0) is 16.0 Å². The fraction of sp³-hybridized carbons (Fsp3) is 0.357. The summed E-state index contributed by atoms with van der Waals surface area (Å²) in [5.41, 5.74) is 5.94. The van der Waals surface area contributed by atoms with Gasteiger partial charge in [-0.1, -0.05) is 43.8 Å². The lowest BCUT2D eigenvalue weighted by molar-refractivity contribution is -0.117. The van der Waals surface area contributed by atoms with Crippen LogP contribution in [0, 0.1) is 0 Å². The molecule has 2 aliphatic rings. The number of carbonyl (C=O) groups is 1. The largest absolute Gasteiger partial charge is 0.378 e. The third kappa shape index (κ3) is 5.36. The predicted octanol–water partition coefficient (Wildman–Crippen LogP) is 4.21. The van der Waals surface area contributed by atoms with E-state index in [1.807, 2.05) is 6.07 Å². The third-order valence-corrected chi connectivity index (χ3v) is 8.10. The van der Waals surface area contributed by atoms with Gasteiger partial charge in [0.25, 0.3) is 0 Å². The molecule has 0 saturated carbocycles. The highest BCUT2D eigenvalue weighted by molar-refractivity contribution is 7.99. The molecule has 188 valence electrons. The van der Waals surface area contributed by atoms with Crippen LogP contribution < -0.4 is 15.8 Å². The Morgan fingerprint density at radius 1 is 1.08 bits per heavy atom. The molecule has 0 unspecified atom stereocenters. The summed E-state index contributed by atoms with van der Waals surface area (Å²) in [5.74, 6) is 0.00824. The minimum atomic E-state index is -0.0992. The molecule has 1 amide bonds. The Labute approximate surface area is 215 Å². The van der Waals surface area contributed by atoms with E-state index in [1.54, 1.807) is 17.8 Å². The molecule has 5 rings (SSSR count). The fourth-order valence-electron chi connectivity index (χ4n) is 4.80. The summed E-state index contributed by atoms with van der Waals surface area (Å²) >= 11 is 1.72. The summed E-state index contributed by atoms with van der Waals surface area (Å²) < 4.78 is 5.47. The molecule has 0 aliphatic carbocycles. The first-order valence-corrected chi connectivity index (χ1v) is 13.4. The average Bonchev–Trinajstić information content (AvgIpc) is 2.90. The van der Waals surface area contributed by atoms with Crippen LogP contribution in [0.4, 0.5) is 11.4 Å². The van der Waals surface area contributed by atoms with E-state index in [2.05, 4.69) is 70.3 Å². The number of ether oxygens (including phenoxy) is 1. The van der Waals surface area contributed by atoms with Gasteiger partial charge in [-0.3, -0.25) is 14.5 Å². The minimum absolute atomic E-state index is 0.00824. The molecule has 36 heavy (non-hydrogen) atoms. The Morgan fingerprint density at radius 2 is 1.89 bits per heavy atom. The van der Waals surface area contributed by atoms with Crippen molar-refractivity contribution in [3.8, 4) is 11.3 Å². The Morgan fingerprint density at radius 3 is 2.67 bits per heavy atom. The third-order valence-electron chi connectivity index (χ3n) is 6.79. The predicted molar refractivity (Wildman–Crippen MR) is 145 cm³/mol. The Hall–Kier alpha value is -3.07. The van der Waals surface area contributed by atoms with E-state index >= 15 is 0 Å². The highest BCUT2D eigenvalue weighted by Gasteiger charge is 2.22. The smallest absolute Gasteiger partial charge is 0.250 e. The van der Waals surface area contributed by atoms with E-state index in [1.165, 1.54) is 16.0 Å². The van der Waals surface area contributed by atoms with Crippen molar-refractivity contribution in [1.29, 1.82) is 0 Å². The molecule has 2 N–H and O–H groups in total. The molecule has 8 heteroatoms. The van der Waals surface area contributed by atoms with Crippen LogP contribution in [0.3, 0.4) is 0 Å². The van der Waals surface area contributed by atoms with E-state index in [0.717, 1.165) is 60.1 Å². The van der Waals surface area contributed by atoms with Gasteiger partial charge in [0.1, 0.15) is 0 Å². The molecular weight excluding hydrogens is 472 g/mol. The topological polar surface area (TPSA) is 77.7 Å². The number of hydrogen-bond donors (Lipinski definition) is 2. The van der Waals surface area contributed by atoms with Crippen LogP contribution in [0.1, 0.15) is 25.0 Å². The molecule has 0 radical (unpaired) electrons. The number of anilines is 2. The van der Waals surface area contributed by atoms with Gasteiger partial charge < -0.3 is 19.9 Å². The SMILES string of the molecule is CCN(CC)CC(=O)Nc1ccc2c(c1)Cc1cccc(-c3cc(N4CCOCC4)cc(=O)[nH]3)c1S2. The highest BCUT2D eigenvalue weighted by atomic mass is 32.2. The summed E-state index contributed by atoms with van der Waals surface area (Å²) in [6.45, 7) is 9.14. The fourth-order valence-corrected chi connectivity index (χ4v) is 5.97. The summed E-state index contributed by atoms with van der Waals surface area (Å²) in [4.78, 5) is 34.7. The molecular formula is C28H32N4O3S. The van der Waals surface area contributed by atoms with Gasteiger partial charge in [0.15, 0.2) is 0 Å². The van der Waals surface area contributed by atoms with E-state index in [-0.39, 0.29) is 11.5 Å². The lowest BCUT2D eigenvalue weighted by Gasteiger charge is -2.29. The van der Waals surface area contributed by atoms with Crippen LogP contribution in [-0.4, -0.2) is 61.7 Å². The number of morpholine rings is 1. The second kappa shape index (κ2) is 10.9. The number of likely N-dealkylation sites (N-methyl/N-ethyl adjacent to an activating group) is 1. The number of rotatable bonds is 7. The minimum Gasteiger partial charge on any atom is -0.378 e. The van der Waals surface area contributed by atoms with Gasteiger partial charge in [-0.2, -0.15) is 0 Å². The van der Waals surface area contributed by atoms with Gasteiger partial charge in [-0.25, -0.2) is 0 Å². The number of benzene rings is 2. The zero-order chi connectivity index (χ0) is 25.1. The van der Waals surface area contributed by atoms with E-state index < -0.39 is 0 Å². The molecule has 1 fully saturated rings. The zero-order valence-electron chi connectivity index (χ0n) is 20.8. The maximum Gasteiger partial charge on any atom is 0.250 e. The first kappa shape index (κ1) is 24.6. The van der Waals surface area contributed by atoms with Crippen LogP contribution >= 0.6 is 11.8 Å². The second-order valence-corrected chi connectivity index (χ2v) is 10.2. The molecule has 2 aromatic carbocycles. The lowest BCUT2D eigenvalue weighted by Crippen LogP contribution is -2.36. The molecule has 1 saturated heterocycles. The number of hydrogen-bond acceptors (Lipinski definition) is 6. The van der Waals surface area contributed by atoms with E-state index in [0.29, 0.717) is 19.8 Å². The molecule has 0 spiro atoms. The summed E-state index contributed by atoms with van der Waals surface area (Å²) in [5, 5.41) is 3.05. The van der Waals surface area contributed by atoms with Gasteiger partial charge in [-0.05, 0) is 54.9 Å². The standard InChI is InChI=1S/C28H32N4O3S/c1-3-31(4-2)18-27(34)29-21-8-9-25-20(15-21)14-19-6-5-7-23(28(19)36-25)24-16-22(17-26(33)30-24)32-10-12-35-13-11-32/h5-9,15-17H,3-4,10-14,18H2,1-2H3,(H,29,34)(H,30,33). The van der Waals surface area contributed by atoms with Crippen molar-refractivity contribution in [2.24, 2.45) is 0 Å². The van der Waals surface area contributed by atoms with E-state index in [9.17, 15) is 9.59 Å². The highest BCUT2D eigenvalue weighted by Crippen LogP contribution is 2.45. The van der Waals surface area contributed by atoms with Crippen LogP contribution in [0.5, 0.6) is 0 Å². The molecule has 0 atom stereocenters. The molecule has 1 aromatic heterocycles. The number of amides is 1. The Balaban J connectivity index is 1.39. The van der Waals surface area contributed by atoms with Crippen LogP contribution in [0.25, 0.3) is 11.3 Å². The number of nitrogens with zero attached hydrogens (tertiary/aromatic N) is 2. The summed E-state index contributed by atoms with van der Waals surface area (Å²) in [6, 6.07) is 16.2. The molecule has 0 bridgehead atoms. The van der Waals surface area contributed by atoms with Crippen molar-refractivity contribution >= 4 is 29.0 Å². The second-order valence-electron chi connectivity index (χ2n) is 9.12. The van der Waals surface area contributed by atoms with Gasteiger partial charge in [0.2, 0.25) is 11.5 Å². The normalized spacial score (nSPS) is 14.9. The average molecular weight is 505 g/mol. The van der Waals surface area contributed by atoms with Crippen molar-refractivity contribution in [2.75, 3.05) is 56.2 Å². The maximum absolute atomic E-state index is 12.6. The van der Waals surface area contributed by atoms with Gasteiger partial charge in [-0.15, -0.1) is 0 Å². The number of fused-ring (bicyclic) bond motifs is 2. The lowest BCUT2D eigenvalue weighted by atomic mass is 9.99. The molecule has 3 heterocycles. The first-order valence-electron chi connectivity index (χ1n) is 12.6. The van der Waals surface area contributed by atoms with Crippen molar-refractivity contribution < 1.29 is 9.53 Å². The van der Waals surface area contributed by atoms with Gasteiger partial charge in [0.05, 0.1) is 25.5 Å². The number of nitrogens with one attached hydrogen (secondary N) is 2. The van der Waals surface area contributed by atoms with E-state index in [4.69, 9.17) is 4.74 Å².